The van der Waals surface area contributed by atoms with Crippen LogP contribution in [0.3, 0.4) is 0 Å². The molecule has 4 nitrogen and oxygen atoms in total. The number of carboxylic acids is 1. The third-order valence-electron chi connectivity index (χ3n) is 4.10. The average Bonchev–Trinajstić information content (AvgIpc) is 2.84. The molecule has 0 spiro atoms. The van der Waals surface area contributed by atoms with E-state index in [1.165, 1.54) is 11.3 Å². The highest BCUT2D eigenvalue weighted by molar-refractivity contribution is 14.1. The number of hydrogen-bond acceptors (Lipinski definition) is 3. The number of thiophene rings is 1. The van der Waals surface area contributed by atoms with Crippen LogP contribution in [-0.4, -0.2) is 34.5 Å². The Morgan fingerprint density at radius 3 is 2.55 bits per heavy atom. The molecule has 1 aliphatic carbocycles. The molecule has 0 unspecified atom stereocenters. The van der Waals surface area contributed by atoms with Crippen molar-refractivity contribution in [1.82, 2.24) is 4.90 Å². The highest BCUT2D eigenvalue weighted by Crippen LogP contribution is 2.37. The molecule has 1 N–H and O–H groups in total. The lowest BCUT2D eigenvalue weighted by atomic mass is 9.78. The zero-order chi connectivity index (χ0) is 14.8. The molecule has 1 aromatic heterocycles. The van der Waals surface area contributed by atoms with Crippen molar-refractivity contribution in [3.8, 4) is 0 Å². The number of amides is 1. The Labute approximate surface area is 136 Å². The van der Waals surface area contributed by atoms with Gasteiger partial charge in [-0.15, -0.1) is 11.3 Å². The van der Waals surface area contributed by atoms with E-state index in [-0.39, 0.29) is 12.3 Å². The fourth-order valence-electron chi connectivity index (χ4n) is 2.95. The van der Waals surface area contributed by atoms with Crippen LogP contribution in [-0.2, 0) is 4.79 Å². The van der Waals surface area contributed by atoms with Crippen molar-refractivity contribution < 1.29 is 14.7 Å². The molecular weight excluding hydrogens is 389 g/mol. The first-order valence-corrected chi connectivity index (χ1v) is 8.64. The summed E-state index contributed by atoms with van der Waals surface area (Å²) in [5.41, 5.74) is 0.145. The molecule has 20 heavy (non-hydrogen) atoms. The first-order valence-electron chi connectivity index (χ1n) is 6.69. The van der Waals surface area contributed by atoms with Crippen LogP contribution in [0.1, 0.15) is 48.9 Å². The molecule has 0 aliphatic heterocycles. The molecular formula is C14H18INO3S. The van der Waals surface area contributed by atoms with E-state index in [2.05, 4.69) is 22.6 Å². The van der Waals surface area contributed by atoms with Gasteiger partial charge in [0.1, 0.15) is 0 Å². The van der Waals surface area contributed by atoms with E-state index in [1.54, 1.807) is 11.9 Å². The highest BCUT2D eigenvalue weighted by Gasteiger charge is 2.40. The molecule has 0 bridgehead atoms. The van der Waals surface area contributed by atoms with Gasteiger partial charge < -0.3 is 10.0 Å². The lowest BCUT2D eigenvalue weighted by Gasteiger charge is -2.43. The molecule has 1 heterocycles. The summed E-state index contributed by atoms with van der Waals surface area (Å²) in [6, 6.07) is 1.86. The predicted octanol–water partition coefficient (Wildman–Crippen LogP) is 3.60. The normalized spacial score (nSPS) is 17.7. The topological polar surface area (TPSA) is 57.6 Å². The second kappa shape index (κ2) is 6.43. The Morgan fingerprint density at radius 1 is 1.40 bits per heavy atom. The van der Waals surface area contributed by atoms with Crippen molar-refractivity contribution in [3.05, 3.63) is 19.9 Å². The number of carbonyl (C=O) groups excluding carboxylic acids is 1. The molecule has 110 valence electrons. The predicted molar refractivity (Wildman–Crippen MR) is 87.2 cm³/mol. The molecule has 1 saturated carbocycles. The molecule has 1 aromatic rings. The maximum absolute atomic E-state index is 12.6. The standard InChI is InChI=1S/C14H18INO3S/c1-16(13(19)10-7-11(15)20-9-10)14(8-12(17)18)5-3-2-4-6-14/h7,9H,2-6,8H2,1H3,(H,17,18). The lowest BCUT2D eigenvalue weighted by molar-refractivity contribution is -0.140. The first-order chi connectivity index (χ1) is 9.44. The van der Waals surface area contributed by atoms with Gasteiger partial charge in [0.05, 0.1) is 20.4 Å². The number of carboxylic acid groups (broad SMARTS) is 1. The number of nitrogens with zero attached hydrogens (tertiary/aromatic N) is 1. The van der Waals surface area contributed by atoms with Crippen LogP contribution >= 0.6 is 33.9 Å². The van der Waals surface area contributed by atoms with E-state index < -0.39 is 11.5 Å². The molecule has 0 radical (unpaired) electrons. The Hall–Kier alpha value is -0.630. The van der Waals surface area contributed by atoms with Crippen LogP contribution in [0, 0.1) is 2.88 Å². The van der Waals surface area contributed by atoms with Crippen LogP contribution in [0.25, 0.3) is 0 Å². The monoisotopic (exact) mass is 407 g/mol. The fourth-order valence-corrected chi connectivity index (χ4v) is 4.27. The van der Waals surface area contributed by atoms with E-state index in [0.29, 0.717) is 5.56 Å². The lowest BCUT2D eigenvalue weighted by Crippen LogP contribution is -2.52. The molecule has 0 saturated heterocycles. The third kappa shape index (κ3) is 3.33. The second-order valence-electron chi connectivity index (χ2n) is 5.36. The van der Waals surface area contributed by atoms with Crippen molar-refractivity contribution in [2.24, 2.45) is 0 Å². The number of aliphatic carboxylic acids is 1. The van der Waals surface area contributed by atoms with E-state index in [4.69, 9.17) is 0 Å². The van der Waals surface area contributed by atoms with Crippen LogP contribution in [0.4, 0.5) is 0 Å². The summed E-state index contributed by atoms with van der Waals surface area (Å²) in [4.78, 5) is 25.5. The summed E-state index contributed by atoms with van der Waals surface area (Å²) in [6.45, 7) is 0. The maximum atomic E-state index is 12.6. The van der Waals surface area contributed by atoms with Crippen molar-refractivity contribution >= 4 is 45.8 Å². The smallest absolute Gasteiger partial charge is 0.305 e. The summed E-state index contributed by atoms with van der Waals surface area (Å²) in [5.74, 6) is -0.890. The van der Waals surface area contributed by atoms with Gasteiger partial charge in [0.25, 0.3) is 5.91 Å². The van der Waals surface area contributed by atoms with Crippen molar-refractivity contribution in [2.45, 2.75) is 44.1 Å². The Bertz CT molecular complexity index is 508. The van der Waals surface area contributed by atoms with Gasteiger partial charge in [-0.3, -0.25) is 9.59 Å². The number of carbonyl (C=O) groups is 2. The second-order valence-corrected chi connectivity index (χ2v) is 8.16. The van der Waals surface area contributed by atoms with E-state index >= 15 is 0 Å². The molecule has 1 aliphatic rings. The Morgan fingerprint density at radius 2 is 2.05 bits per heavy atom. The first kappa shape index (κ1) is 15.8. The van der Waals surface area contributed by atoms with Gasteiger partial charge in [0.15, 0.2) is 0 Å². The van der Waals surface area contributed by atoms with Gasteiger partial charge in [0.2, 0.25) is 0 Å². The van der Waals surface area contributed by atoms with Crippen LogP contribution in [0.15, 0.2) is 11.4 Å². The molecule has 1 fully saturated rings. The summed E-state index contributed by atoms with van der Waals surface area (Å²) >= 11 is 3.72. The molecule has 0 atom stereocenters. The highest BCUT2D eigenvalue weighted by atomic mass is 127. The van der Waals surface area contributed by atoms with E-state index in [9.17, 15) is 14.7 Å². The fraction of sp³-hybridized carbons (Fsp3) is 0.571. The number of hydrogen-bond donors (Lipinski definition) is 1. The van der Waals surface area contributed by atoms with Gasteiger partial charge in [0, 0.05) is 12.4 Å². The summed E-state index contributed by atoms with van der Waals surface area (Å²) in [7, 11) is 1.75. The van der Waals surface area contributed by atoms with Crippen molar-refractivity contribution in [2.75, 3.05) is 7.05 Å². The average molecular weight is 407 g/mol. The number of rotatable bonds is 4. The SMILES string of the molecule is CN(C(=O)c1csc(I)c1)C1(CC(=O)O)CCCCC1. The van der Waals surface area contributed by atoms with E-state index in [1.807, 2.05) is 11.4 Å². The summed E-state index contributed by atoms with van der Waals surface area (Å²) < 4.78 is 1.07. The van der Waals surface area contributed by atoms with Gasteiger partial charge in [-0.25, -0.2) is 0 Å². The maximum Gasteiger partial charge on any atom is 0.305 e. The van der Waals surface area contributed by atoms with Gasteiger partial charge in [-0.1, -0.05) is 19.3 Å². The largest absolute Gasteiger partial charge is 0.481 e. The molecule has 6 heteroatoms. The molecule has 1 amide bonds. The zero-order valence-electron chi connectivity index (χ0n) is 11.4. The van der Waals surface area contributed by atoms with Crippen molar-refractivity contribution in [3.63, 3.8) is 0 Å². The Kier molecular flexibility index (Phi) is 5.06. The Balaban J connectivity index is 2.23. The van der Waals surface area contributed by atoms with Crippen LogP contribution in [0.2, 0.25) is 0 Å². The van der Waals surface area contributed by atoms with Crippen LogP contribution < -0.4 is 0 Å². The number of halogens is 1. The molecule has 2 rings (SSSR count). The minimum Gasteiger partial charge on any atom is -0.481 e. The summed E-state index contributed by atoms with van der Waals surface area (Å²) in [5, 5.41) is 11.0. The van der Waals surface area contributed by atoms with Gasteiger partial charge in [-0.2, -0.15) is 0 Å². The van der Waals surface area contributed by atoms with E-state index in [0.717, 1.165) is 35.0 Å². The minimum absolute atomic E-state index is 0.0382. The van der Waals surface area contributed by atoms with Crippen molar-refractivity contribution in [1.29, 1.82) is 0 Å². The molecule has 0 aromatic carbocycles. The zero-order valence-corrected chi connectivity index (χ0v) is 14.4. The third-order valence-corrected chi connectivity index (χ3v) is 5.88. The summed E-state index contributed by atoms with van der Waals surface area (Å²) in [6.07, 6.45) is 4.71. The van der Waals surface area contributed by atoms with Crippen LogP contribution in [0.5, 0.6) is 0 Å². The quantitative estimate of drug-likeness (QED) is 0.777. The minimum atomic E-state index is -0.827. The van der Waals surface area contributed by atoms with Gasteiger partial charge in [-0.05, 0) is 41.5 Å². The van der Waals surface area contributed by atoms with Gasteiger partial charge >= 0.3 is 5.97 Å².